The van der Waals surface area contributed by atoms with Crippen LogP contribution in [0.15, 0.2) is 0 Å². The van der Waals surface area contributed by atoms with E-state index in [2.05, 4.69) is 5.32 Å². The van der Waals surface area contributed by atoms with E-state index in [1.807, 2.05) is 7.05 Å². The first-order valence-electron chi connectivity index (χ1n) is 5.22. The summed E-state index contributed by atoms with van der Waals surface area (Å²) in [6.07, 6.45) is 2.62. The van der Waals surface area contributed by atoms with Gasteiger partial charge in [0.25, 0.3) is 0 Å². The van der Waals surface area contributed by atoms with Gasteiger partial charge >= 0.3 is 0 Å². The van der Waals surface area contributed by atoms with Crippen molar-refractivity contribution in [2.45, 2.75) is 25.0 Å². The maximum atomic E-state index is 5.56. The maximum absolute atomic E-state index is 5.56. The van der Waals surface area contributed by atoms with Crippen molar-refractivity contribution in [3.05, 3.63) is 0 Å². The number of hydrogen-bond donors (Lipinski definition) is 1. The van der Waals surface area contributed by atoms with Crippen molar-refractivity contribution < 1.29 is 14.2 Å². The Balaban J connectivity index is 2.00. The predicted octanol–water partition coefficient (Wildman–Crippen LogP) is 0.416. The molecule has 0 spiro atoms. The number of rotatable bonds is 7. The molecule has 84 valence electrons. The van der Waals surface area contributed by atoms with E-state index in [4.69, 9.17) is 14.2 Å². The Morgan fingerprint density at radius 2 is 2.36 bits per heavy atom. The third-order valence-corrected chi connectivity index (χ3v) is 2.42. The van der Waals surface area contributed by atoms with Crippen LogP contribution in [0.2, 0.25) is 0 Å². The van der Waals surface area contributed by atoms with Crippen LogP contribution < -0.4 is 5.32 Å². The number of methoxy groups -OCH3 is 1. The highest BCUT2D eigenvalue weighted by molar-refractivity contribution is 4.66. The molecule has 2 unspecified atom stereocenters. The molecule has 1 heterocycles. The second kappa shape index (κ2) is 7.17. The molecule has 0 amide bonds. The van der Waals surface area contributed by atoms with E-state index in [0.717, 1.165) is 13.0 Å². The highest BCUT2D eigenvalue weighted by Crippen LogP contribution is 2.11. The van der Waals surface area contributed by atoms with Crippen LogP contribution in [-0.2, 0) is 14.2 Å². The lowest BCUT2D eigenvalue weighted by atomic mass is 10.2. The van der Waals surface area contributed by atoms with Gasteiger partial charge in [-0.15, -0.1) is 0 Å². The van der Waals surface area contributed by atoms with Gasteiger partial charge in [-0.05, 0) is 19.9 Å². The maximum Gasteiger partial charge on any atom is 0.0809 e. The third-order valence-electron chi connectivity index (χ3n) is 2.42. The van der Waals surface area contributed by atoms with Crippen LogP contribution in [0.25, 0.3) is 0 Å². The van der Waals surface area contributed by atoms with Gasteiger partial charge in [0.15, 0.2) is 0 Å². The summed E-state index contributed by atoms with van der Waals surface area (Å²) in [7, 11) is 3.61. The van der Waals surface area contributed by atoms with Gasteiger partial charge in [-0.25, -0.2) is 0 Å². The Hall–Kier alpha value is -0.160. The smallest absolute Gasteiger partial charge is 0.0809 e. The predicted molar refractivity (Wildman–Crippen MR) is 54.5 cm³/mol. The zero-order chi connectivity index (χ0) is 10.2. The van der Waals surface area contributed by atoms with Crippen molar-refractivity contribution in [3.8, 4) is 0 Å². The van der Waals surface area contributed by atoms with Crippen molar-refractivity contribution in [1.82, 2.24) is 5.32 Å². The quantitative estimate of drug-likeness (QED) is 0.651. The van der Waals surface area contributed by atoms with Gasteiger partial charge in [0.2, 0.25) is 0 Å². The van der Waals surface area contributed by atoms with Crippen molar-refractivity contribution in [3.63, 3.8) is 0 Å². The number of hydrogen-bond acceptors (Lipinski definition) is 4. The third kappa shape index (κ3) is 4.37. The van der Waals surface area contributed by atoms with Crippen molar-refractivity contribution in [1.29, 1.82) is 0 Å². The molecule has 0 aromatic heterocycles. The molecule has 1 aliphatic heterocycles. The zero-order valence-corrected chi connectivity index (χ0v) is 9.12. The molecular weight excluding hydrogens is 182 g/mol. The molecular formula is C10H21NO3. The van der Waals surface area contributed by atoms with E-state index in [-0.39, 0.29) is 6.04 Å². The Morgan fingerprint density at radius 3 is 2.93 bits per heavy atom. The minimum atomic E-state index is 0.279. The molecule has 0 aliphatic carbocycles. The van der Waals surface area contributed by atoms with Gasteiger partial charge in [-0.1, -0.05) is 0 Å². The molecule has 0 bridgehead atoms. The Bertz CT molecular complexity index is 137. The molecule has 4 heteroatoms. The molecule has 4 nitrogen and oxygen atoms in total. The lowest BCUT2D eigenvalue weighted by Crippen LogP contribution is -2.35. The van der Waals surface area contributed by atoms with Crippen LogP contribution in [-0.4, -0.2) is 52.7 Å². The average Bonchev–Trinajstić information content (AvgIpc) is 2.69. The first kappa shape index (κ1) is 11.9. The SMILES string of the molecule is CNC(COC)COCC1CCCO1. The monoisotopic (exact) mass is 203 g/mol. The van der Waals surface area contributed by atoms with E-state index >= 15 is 0 Å². The molecule has 14 heavy (non-hydrogen) atoms. The normalized spacial score (nSPS) is 24.0. The minimum Gasteiger partial charge on any atom is -0.383 e. The summed E-state index contributed by atoms with van der Waals surface area (Å²) >= 11 is 0. The van der Waals surface area contributed by atoms with Gasteiger partial charge < -0.3 is 19.5 Å². The molecule has 0 aromatic rings. The second-order valence-corrected chi connectivity index (χ2v) is 3.61. The van der Waals surface area contributed by atoms with Crippen LogP contribution in [0.4, 0.5) is 0 Å². The van der Waals surface area contributed by atoms with E-state index in [0.29, 0.717) is 25.9 Å². The molecule has 1 rings (SSSR count). The molecule has 1 saturated heterocycles. The van der Waals surface area contributed by atoms with E-state index in [1.54, 1.807) is 7.11 Å². The largest absolute Gasteiger partial charge is 0.383 e. The fraction of sp³-hybridized carbons (Fsp3) is 1.00. The average molecular weight is 203 g/mol. The Kier molecular flexibility index (Phi) is 6.10. The number of nitrogens with one attached hydrogen (secondary N) is 1. The van der Waals surface area contributed by atoms with Crippen LogP contribution in [0.5, 0.6) is 0 Å². The molecule has 2 atom stereocenters. The fourth-order valence-corrected chi connectivity index (χ4v) is 1.53. The molecule has 1 N–H and O–H groups in total. The molecule has 0 saturated carbocycles. The van der Waals surface area contributed by atoms with Gasteiger partial charge in [0.05, 0.1) is 32.0 Å². The Labute approximate surface area is 85.9 Å². The van der Waals surface area contributed by atoms with E-state index in [9.17, 15) is 0 Å². The van der Waals surface area contributed by atoms with Gasteiger partial charge in [0.1, 0.15) is 0 Å². The molecule has 1 aliphatic rings. The first-order chi connectivity index (χ1) is 6.86. The highest BCUT2D eigenvalue weighted by atomic mass is 16.5. The summed E-state index contributed by atoms with van der Waals surface area (Å²) in [5, 5.41) is 3.14. The zero-order valence-electron chi connectivity index (χ0n) is 9.12. The summed E-state index contributed by atoms with van der Waals surface area (Å²) < 4.78 is 16.1. The highest BCUT2D eigenvalue weighted by Gasteiger charge is 2.16. The number of ether oxygens (including phenoxy) is 3. The van der Waals surface area contributed by atoms with Gasteiger partial charge in [-0.3, -0.25) is 0 Å². The summed E-state index contributed by atoms with van der Waals surface area (Å²) in [5.74, 6) is 0. The summed E-state index contributed by atoms with van der Waals surface area (Å²) in [6, 6.07) is 0.279. The first-order valence-corrected chi connectivity index (χ1v) is 5.22. The number of likely N-dealkylation sites (N-methyl/N-ethyl adjacent to an activating group) is 1. The topological polar surface area (TPSA) is 39.7 Å². The van der Waals surface area contributed by atoms with Crippen molar-refractivity contribution in [2.75, 3.05) is 40.6 Å². The fourth-order valence-electron chi connectivity index (χ4n) is 1.53. The van der Waals surface area contributed by atoms with Crippen LogP contribution in [0.3, 0.4) is 0 Å². The van der Waals surface area contributed by atoms with Crippen LogP contribution in [0.1, 0.15) is 12.8 Å². The second-order valence-electron chi connectivity index (χ2n) is 3.61. The lowest BCUT2D eigenvalue weighted by molar-refractivity contribution is 0.00307. The minimum absolute atomic E-state index is 0.279. The Morgan fingerprint density at radius 1 is 1.50 bits per heavy atom. The van der Waals surface area contributed by atoms with Gasteiger partial charge in [-0.2, -0.15) is 0 Å². The molecule has 1 fully saturated rings. The standard InChI is InChI=1S/C10H21NO3/c1-11-9(6-12-2)7-13-8-10-4-3-5-14-10/h9-11H,3-8H2,1-2H3. The van der Waals surface area contributed by atoms with E-state index < -0.39 is 0 Å². The van der Waals surface area contributed by atoms with Crippen molar-refractivity contribution in [2.24, 2.45) is 0 Å². The van der Waals surface area contributed by atoms with Crippen molar-refractivity contribution >= 4 is 0 Å². The molecule has 0 aromatic carbocycles. The van der Waals surface area contributed by atoms with E-state index in [1.165, 1.54) is 6.42 Å². The lowest BCUT2D eigenvalue weighted by Gasteiger charge is -2.16. The van der Waals surface area contributed by atoms with Crippen LogP contribution >= 0.6 is 0 Å². The van der Waals surface area contributed by atoms with Gasteiger partial charge in [0, 0.05) is 13.7 Å². The summed E-state index contributed by atoms with van der Waals surface area (Å²) in [4.78, 5) is 0. The van der Waals surface area contributed by atoms with Crippen LogP contribution in [0, 0.1) is 0 Å². The summed E-state index contributed by atoms with van der Waals surface area (Å²) in [5.41, 5.74) is 0. The summed E-state index contributed by atoms with van der Waals surface area (Å²) in [6.45, 7) is 2.97. The molecule has 0 radical (unpaired) electrons.